The van der Waals surface area contributed by atoms with Gasteiger partial charge in [0.1, 0.15) is 39.7 Å². The molecule has 2 aromatic carbocycles. The largest absolute Gasteiger partial charge is 0.497 e. The Bertz CT molecular complexity index is 1140. The van der Waals surface area contributed by atoms with Crippen LogP contribution in [0.2, 0.25) is 0 Å². The number of rotatable bonds is 5. The Morgan fingerprint density at radius 1 is 0.897 bits per heavy atom. The number of carbonyl (C=O) groups excluding carboxylic acids is 2. The molecule has 0 aliphatic rings. The summed E-state index contributed by atoms with van der Waals surface area (Å²) in [4.78, 5) is 35.9. The number of hydrogen-bond acceptors (Lipinski definition) is 8. The second-order valence-corrected chi connectivity index (χ2v) is 6.08. The predicted octanol–water partition coefficient (Wildman–Crippen LogP) is 3.75. The van der Waals surface area contributed by atoms with E-state index in [-0.39, 0.29) is 34.0 Å². The van der Waals surface area contributed by atoms with Crippen LogP contribution in [0.5, 0.6) is 28.7 Å². The number of ether oxygens (including phenoxy) is 4. The Kier molecular flexibility index (Phi) is 5.54. The van der Waals surface area contributed by atoms with E-state index >= 15 is 0 Å². The van der Waals surface area contributed by atoms with Crippen LogP contribution in [-0.4, -0.2) is 19.0 Å². The minimum Gasteiger partial charge on any atom is -0.497 e. The van der Waals surface area contributed by atoms with E-state index in [1.807, 2.05) is 0 Å². The molecular formula is C21H18O8. The number of hydrogen-bond donors (Lipinski definition) is 0. The molecule has 29 heavy (non-hydrogen) atoms. The quantitative estimate of drug-likeness (QED) is 0.473. The third-order valence-electron chi connectivity index (χ3n) is 3.85. The van der Waals surface area contributed by atoms with Crippen LogP contribution >= 0.6 is 0 Å². The molecule has 8 nitrogen and oxygen atoms in total. The highest BCUT2D eigenvalue weighted by Gasteiger charge is 2.20. The van der Waals surface area contributed by atoms with Gasteiger partial charge in [-0.1, -0.05) is 0 Å². The third-order valence-corrected chi connectivity index (χ3v) is 3.85. The predicted molar refractivity (Wildman–Crippen MR) is 103 cm³/mol. The average Bonchev–Trinajstić information content (AvgIpc) is 2.64. The van der Waals surface area contributed by atoms with E-state index in [1.165, 1.54) is 26.0 Å². The average molecular weight is 398 g/mol. The van der Waals surface area contributed by atoms with Crippen molar-refractivity contribution in [3.05, 3.63) is 52.4 Å². The molecule has 0 saturated carbocycles. The van der Waals surface area contributed by atoms with Gasteiger partial charge in [-0.05, 0) is 31.2 Å². The second-order valence-electron chi connectivity index (χ2n) is 6.08. The second kappa shape index (κ2) is 8.05. The number of carbonyl (C=O) groups is 2. The van der Waals surface area contributed by atoms with Crippen LogP contribution in [0, 0.1) is 6.92 Å². The van der Waals surface area contributed by atoms with Gasteiger partial charge in [0.05, 0.1) is 7.11 Å². The van der Waals surface area contributed by atoms with Crippen molar-refractivity contribution in [2.24, 2.45) is 0 Å². The number of fused-ring (bicyclic) bond motifs is 1. The summed E-state index contributed by atoms with van der Waals surface area (Å²) < 4.78 is 26.7. The zero-order valence-electron chi connectivity index (χ0n) is 16.2. The summed E-state index contributed by atoms with van der Waals surface area (Å²) in [6.07, 6.45) is 0. The van der Waals surface area contributed by atoms with Crippen LogP contribution in [0.25, 0.3) is 11.0 Å². The topological polar surface area (TPSA) is 101 Å². The first-order valence-corrected chi connectivity index (χ1v) is 8.58. The van der Waals surface area contributed by atoms with Crippen molar-refractivity contribution in [2.75, 3.05) is 7.11 Å². The van der Waals surface area contributed by atoms with Crippen molar-refractivity contribution >= 4 is 22.9 Å². The van der Waals surface area contributed by atoms with Crippen molar-refractivity contribution in [2.45, 2.75) is 20.8 Å². The zero-order chi connectivity index (χ0) is 21.1. The Hall–Kier alpha value is -3.81. The van der Waals surface area contributed by atoms with Crippen molar-refractivity contribution in [3.8, 4) is 28.7 Å². The number of esters is 2. The first kappa shape index (κ1) is 19.9. The molecule has 1 aromatic heterocycles. The summed E-state index contributed by atoms with van der Waals surface area (Å²) in [5.74, 6) is -0.0722. The van der Waals surface area contributed by atoms with Crippen LogP contribution in [0.3, 0.4) is 0 Å². The van der Waals surface area contributed by atoms with E-state index in [1.54, 1.807) is 38.3 Å². The Balaban J connectivity index is 2.15. The Morgan fingerprint density at radius 2 is 1.52 bits per heavy atom. The minimum absolute atomic E-state index is 0.00906. The highest BCUT2D eigenvalue weighted by molar-refractivity contribution is 5.89. The number of aryl methyl sites for hydroxylation is 1. The summed E-state index contributed by atoms with van der Waals surface area (Å²) in [5.41, 5.74) is -0.449. The zero-order valence-corrected chi connectivity index (χ0v) is 16.2. The lowest BCUT2D eigenvalue weighted by Gasteiger charge is -2.12. The van der Waals surface area contributed by atoms with Crippen LogP contribution < -0.4 is 24.4 Å². The summed E-state index contributed by atoms with van der Waals surface area (Å²) in [7, 11) is 1.54. The monoisotopic (exact) mass is 398 g/mol. The van der Waals surface area contributed by atoms with Gasteiger partial charge in [0, 0.05) is 26.0 Å². The maximum absolute atomic E-state index is 13.1. The van der Waals surface area contributed by atoms with Gasteiger partial charge in [0.25, 0.3) is 0 Å². The van der Waals surface area contributed by atoms with Gasteiger partial charge < -0.3 is 23.4 Å². The molecule has 0 radical (unpaired) electrons. The van der Waals surface area contributed by atoms with E-state index in [4.69, 9.17) is 23.4 Å². The summed E-state index contributed by atoms with van der Waals surface area (Å²) in [5, 5.41) is -0.00906. The molecule has 0 bridgehead atoms. The van der Waals surface area contributed by atoms with Crippen LogP contribution in [0.4, 0.5) is 0 Å². The van der Waals surface area contributed by atoms with Crippen molar-refractivity contribution in [1.29, 1.82) is 0 Å². The molecule has 0 aliphatic carbocycles. The van der Waals surface area contributed by atoms with Crippen LogP contribution in [-0.2, 0) is 9.59 Å². The molecule has 8 heteroatoms. The van der Waals surface area contributed by atoms with E-state index in [0.29, 0.717) is 11.5 Å². The highest BCUT2D eigenvalue weighted by atomic mass is 16.5. The van der Waals surface area contributed by atoms with Crippen molar-refractivity contribution < 1.29 is 33.0 Å². The van der Waals surface area contributed by atoms with Gasteiger partial charge in [-0.3, -0.25) is 14.4 Å². The van der Waals surface area contributed by atoms with Crippen LogP contribution in [0.1, 0.15) is 19.6 Å². The van der Waals surface area contributed by atoms with Crippen molar-refractivity contribution in [3.63, 3.8) is 0 Å². The fraction of sp³-hybridized carbons (Fsp3) is 0.190. The summed E-state index contributed by atoms with van der Waals surface area (Å²) >= 11 is 0. The standard InChI is InChI=1S/C21H18O8/c1-11-21(29-15-7-5-14(25-4)6-8-15)20(24)19-17(26-11)9-16(27-12(2)22)10-18(19)28-13(3)23/h5-10H,1-4H3. The minimum atomic E-state index is -0.649. The molecule has 150 valence electrons. The van der Waals surface area contributed by atoms with Crippen molar-refractivity contribution in [1.82, 2.24) is 0 Å². The third kappa shape index (κ3) is 4.37. The van der Waals surface area contributed by atoms with E-state index in [0.717, 1.165) is 0 Å². The smallest absolute Gasteiger partial charge is 0.308 e. The van der Waals surface area contributed by atoms with E-state index < -0.39 is 17.4 Å². The molecule has 3 aromatic rings. The van der Waals surface area contributed by atoms with Gasteiger partial charge in [-0.15, -0.1) is 0 Å². The number of benzene rings is 2. The fourth-order valence-electron chi connectivity index (χ4n) is 2.69. The number of methoxy groups -OCH3 is 1. The first-order valence-electron chi connectivity index (χ1n) is 8.58. The normalized spacial score (nSPS) is 10.5. The molecule has 0 N–H and O–H groups in total. The van der Waals surface area contributed by atoms with E-state index in [2.05, 4.69) is 0 Å². The molecule has 0 unspecified atom stereocenters. The SMILES string of the molecule is COc1ccc(Oc2c(C)oc3cc(OC(C)=O)cc(OC(C)=O)c3c2=O)cc1. The molecular weight excluding hydrogens is 380 g/mol. The maximum Gasteiger partial charge on any atom is 0.308 e. The Morgan fingerprint density at radius 3 is 2.10 bits per heavy atom. The highest BCUT2D eigenvalue weighted by Crippen LogP contribution is 2.34. The molecule has 0 amide bonds. The molecule has 0 atom stereocenters. The van der Waals surface area contributed by atoms with Gasteiger partial charge in [-0.25, -0.2) is 0 Å². The van der Waals surface area contributed by atoms with Gasteiger partial charge in [-0.2, -0.15) is 0 Å². The van der Waals surface area contributed by atoms with Crippen LogP contribution in [0.15, 0.2) is 45.6 Å². The summed E-state index contributed by atoms with van der Waals surface area (Å²) in [6.45, 7) is 3.97. The lowest BCUT2D eigenvalue weighted by molar-refractivity contribution is -0.132. The molecule has 0 aliphatic heterocycles. The molecule has 0 spiro atoms. The molecule has 1 heterocycles. The summed E-state index contributed by atoms with van der Waals surface area (Å²) in [6, 6.07) is 9.28. The maximum atomic E-state index is 13.1. The first-order chi connectivity index (χ1) is 13.8. The molecule has 3 rings (SSSR count). The van der Waals surface area contributed by atoms with E-state index in [9.17, 15) is 14.4 Å². The lowest BCUT2D eigenvalue weighted by atomic mass is 10.1. The molecule has 0 saturated heterocycles. The molecule has 0 fully saturated rings. The van der Waals surface area contributed by atoms with Gasteiger partial charge in [0.15, 0.2) is 0 Å². The lowest BCUT2D eigenvalue weighted by Crippen LogP contribution is -2.11. The van der Waals surface area contributed by atoms with Gasteiger partial charge >= 0.3 is 11.9 Å². The Labute approximate surface area is 165 Å². The fourth-order valence-corrected chi connectivity index (χ4v) is 2.69. The van der Waals surface area contributed by atoms with Gasteiger partial charge in [0.2, 0.25) is 11.2 Å².